The molecule has 4 rings (SSSR count). The van der Waals surface area contributed by atoms with E-state index in [2.05, 4.69) is 16.4 Å². The number of hydrogen-bond acceptors (Lipinski definition) is 5. The van der Waals surface area contributed by atoms with Crippen LogP contribution in [0.4, 0.5) is 0 Å². The van der Waals surface area contributed by atoms with E-state index in [0.717, 1.165) is 12.8 Å². The molecule has 1 aliphatic carbocycles. The number of ether oxygens (including phenoxy) is 2. The predicted molar refractivity (Wildman–Crippen MR) is 118 cm³/mol. The summed E-state index contributed by atoms with van der Waals surface area (Å²) in [5.41, 5.74) is 0.947. The van der Waals surface area contributed by atoms with Crippen LogP contribution in [0.1, 0.15) is 35.2 Å². The zero-order chi connectivity index (χ0) is 22.7. The number of benzene rings is 1. The van der Waals surface area contributed by atoms with Gasteiger partial charge in [0, 0.05) is 23.4 Å². The molecule has 1 amide bonds. The molecule has 0 saturated carbocycles. The van der Waals surface area contributed by atoms with Crippen LogP contribution in [0, 0.1) is 0 Å². The third kappa shape index (κ3) is 4.76. The fourth-order valence-corrected chi connectivity index (χ4v) is 3.73. The molecule has 9 heteroatoms. The Kier molecular flexibility index (Phi) is 6.13. The first kappa shape index (κ1) is 21.5. The molecule has 1 aliphatic heterocycles. The maximum Gasteiger partial charge on any atom is 0.341 e. The highest BCUT2D eigenvalue weighted by atomic mass is 35.5. The van der Waals surface area contributed by atoms with Crippen molar-refractivity contribution in [1.29, 1.82) is 0 Å². The average Bonchev–Trinajstić information content (AvgIpc) is 2.78. The molecule has 0 radical (unpaired) electrons. The van der Waals surface area contributed by atoms with E-state index < -0.39 is 23.0 Å². The number of H-pyrrole nitrogens is 1. The molecule has 2 aromatic rings. The number of carboxylic acid groups (broad SMARTS) is 1. The highest BCUT2D eigenvalue weighted by molar-refractivity contribution is 6.31. The van der Waals surface area contributed by atoms with Crippen molar-refractivity contribution >= 4 is 34.4 Å². The Hall–Kier alpha value is -3.78. The number of nitrogens with one attached hydrogen (secondary N) is 2. The van der Waals surface area contributed by atoms with Crippen LogP contribution in [0.2, 0.25) is 5.02 Å². The van der Waals surface area contributed by atoms with Gasteiger partial charge in [0.15, 0.2) is 0 Å². The Bertz CT molecular complexity index is 1290. The lowest BCUT2D eigenvalue weighted by Crippen LogP contribution is -2.27. The van der Waals surface area contributed by atoms with Crippen molar-refractivity contribution in [2.24, 2.45) is 0 Å². The van der Waals surface area contributed by atoms with Crippen molar-refractivity contribution in [2.75, 3.05) is 0 Å². The van der Waals surface area contributed by atoms with Crippen LogP contribution >= 0.6 is 11.6 Å². The molecule has 0 spiro atoms. The third-order valence-electron chi connectivity index (χ3n) is 5.01. The molecule has 0 saturated heterocycles. The van der Waals surface area contributed by atoms with Gasteiger partial charge < -0.3 is 24.9 Å². The minimum Gasteiger partial charge on any atom is -0.477 e. The predicted octanol–water partition coefficient (Wildman–Crippen LogP) is 3.89. The summed E-state index contributed by atoms with van der Waals surface area (Å²) in [5.74, 6) is -1.32. The summed E-state index contributed by atoms with van der Waals surface area (Å²) in [6, 6.07) is 4.37. The summed E-state index contributed by atoms with van der Waals surface area (Å²) < 4.78 is 11.0. The maximum absolute atomic E-state index is 12.6. The molecule has 8 nitrogen and oxygen atoms in total. The van der Waals surface area contributed by atoms with Gasteiger partial charge in [0.2, 0.25) is 5.76 Å². The van der Waals surface area contributed by atoms with E-state index in [-0.39, 0.29) is 12.3 Å². The molecular weight excluding hydrogens is 436 g/mol. The zero-order valence-corrected chi connectivity index (χ0v) is 17.6. The molecule has 0 fully saturated rings. The van der Waals surface area contributed by atoms with Crippen LogP contribution in [0.25, 0.3) is 10.9 Å². The highest BCUT2D eigenvalue weighted by Gasteiger charge is 2.20. The topological polar surface area (TPSA) is 118 Å². The van der Waals surface area contributed by atoms with Crippen molar-refractivity contribution in [2.45, 2.75) is 25.8 Å². The van der Waals surface area contributed by atoms with Gasteiger partial charge in [0.25, 0.3) is 11.5 Å². The van der Waals surface area contributed by atoms with Crippen LogP contribution in [0.15, 0.2) is 70.8 Å². The maximum atomic E-state index is 12.6. The molecule has 3 N–H and O–H groups in total. The normalized spacial score (nSPS) is 15.2. The summed E-state index contributed by atoms with van der Waals surface area (Å²) in [7, 11) is 0. The lowest BCUT2D eigenvalue weighted by molar-refractivity contribution is -0.120. The highest BCUT2D eigenvalue weighted by Crippen LogP contribution is 2.25. The molecular formula is C23H19ClN2O6. The van der Waals surface area contributed by atoms with Crippen molar-refractivity contribution in [3.8, 4) is 0 Å². The smallest absolute Gasteiger partial charge is 0.341 e. The Morgan fingerprint density at radius 1 is 1.22 bits per heavy atom. The SMILES string of the molecule is O=C(NCc1cc(Cl)cc2cc(C(=O)O)c(=O)[nH]c12)C1=COC=C(CC2=CC=CCC2)O1. The van der Waals surface area contributed by atoms with Crippen LogP contribution in [0.5, 0.6) is 0 Å². The molecule has 2 aliphatic rings. The molecule has 164 valence electrons. The molecule has 0 bridgehead atoms. The first-order valence-electron chi connectivity index (χ1n) is 9.85. The van der Waals surface area contributed by atoms with Gasteiger partial charge in [-0.05, 0) is 36.6 Å². The lowest BCUT2D eigenvalue weighted by Gasteiger charge is -2.18. The van der Waals surface area contributed by atoms with Gasteiger partial charge >= 0.3 is 5.97 Å². The minimum absolute atomic E-state index is 0.00226. The number of fused-ring (bicyclic) bond motifs is 1. The van der Waals surface area contributed by atoms with Gasteiger partial charge in [0.1, 0.15) is 23.8 Å². The number of carbonyl (C=O) groups excluding carboxylic acids is 1. The summed E-state index contributed by atoms with van der Waals surface area (Å²) in [5, 5.41) is 12.6. The number of hydrogen-bond donors (Lipinski definition) is 3. The number of halogens is 1. The number of pyridine rings is 1. The number of rotatable bonds is 6. The number of allylic oxidation sites excluding steroid dienone is 4. The van der Waals surface area contributed by atoms with E-state index >= 15 is 0 Å². The molecule has 1 aromatic carbocycles. The Balaban J connectivity index is 1.47. The monoisotopic (exact) mass is 454 g/mol. The molecule has 2 heterocycles. The number of aromatic amines is 1. The van der Waals surface area contributed by atoms with Crippen LogP contribution in [-0.2, 0) is 20.8 Å². The number of aromatic nitrogens is 1. The van der Waals surface area contributed by atoms with Gasteiger partial charge in [-0.15, -0.1) is 0 Å². The molecule has 32 heavy (non-hydrogen) atoms. The van der Waals surface area contributed by atoms with Gasteiger partial charge in [-0.25, -0.2) is 4.79 Å². The van der Waals surface area contributed by atoms with Crippen molar-refractivity contribution in [1.82, 2.24) is 10.3 Å². The largest absolute Gasteiger partial charge is 0.477 e. The van der Waals surface area contributed by atoms with Gasteiger partial charge in [-0.2, -0.15) is 0 Å². The van der Waals surface area contributed by atoms with Crippen molar-refractivity contribution < 1.29 is 24.2 Å². The summed E-state index contributed by atoms with van der Waals surface area (Å²) in [4.78, 5) is 38.5. The van der Waals surface area contributed by atoms with E-state index in [1.54, 1.807) is 6.07 Å². The first-order valence-corrected chi connectivity index (χ1v) is 10.2. The minimum atomic E-state index is -1.34. The number of amides is 1. The fraction of sp³-hybridized carbons (Fsp3) is 0.174. The second-order valence-corrected chi connectivity index (χ2v) is 7.74. The molecule has 1 aromatic heterocycles. The van der Waals surface area contributed by atoms with E-state index in [4.69, 9.17) is 26.2 Å². The summed E-state index contributed by atoms with van der Waals surface area (Å²) in [6.45, 7) is 0.0218. The van der Waals surface area contributed by atoms with E-state index in [1.807, 2.05) is 12.2 Å². The average molecular weight is 455 g/mol. The Morgan fingerprint density at radius 3 is 2.81 bits per heavy atom. The summed E-state index contributed by atoms with van der Waals surface area (Å²) >= 11 is 6.15. The third-order valence-corrected chi connectivity index (χ3v) is 5.23. The second kappa shape index (κ2) is 9.15. The van der Waals surface area contributed by atoms with E-state index in [9.17, 15) is 14.4 Å². The quantitative estimate of drug-likeness (QED) is 0.609. The van der Waals surface area contributed by atoms with Crippen molar-refractivity contribution in [3.63, 3.8) is 0 Å². The van der Waals surface area contributed by atoms with Gasteiger partial charge in [-0.3, -0.25) is 9.59 Å². The number of aromatic carboxylic acids is 1. The van der Waals surface area contributed by atoms with E-state index in [0.29, 0.717) is 33.7 Å². The van der Waals surface area contributed by atoms with Gasteiger partial charge in [-0.1, -0.05) is 35.4 Å². The lowest BCUT2D eigenvalue weighted by atomic mass is 10.0. The first-order chi connectivity index (χ1) is 15.4. The summed E-state index contributed by atoms with van der Waals surface area (Å²) in [6.07, 6.45) is 11.2. The standard InChI is InChI=1S/C23H19ClN2O6/c24-16-7-14-9-18(23(29)30)21(27)26-20(14)15(8-16)10-25-22(28)19-12-31-11-17(32-19)6-13-4-2-1-3-5-13/h1-2,4,7-9,11-12H,3,5-6,10H2,(H,25,28)(H,26,27)(H,29,30). The second-order valence-electron chi connectivity index (χ2n) is 7.30. The van der Waals surface area contributed by atoms with Crippen LogP contribution < -0.4 is 10.9 Å². The van der Waals surface area contributed by atoms with Crippen molar-refractivity contribution in [3.05, 3.63) is 92.5 Å². The van der Waals surface area contributed by atoms with Crippen LogP contribution in [0.3, 0.4) is 0 Å². The fourth-order valence-electron chi connectivity index (χ4n) is 3.48. The molecule has 0 unspecified atom stereocenters. The van der Waals surface area contributed by atoms with E-state index in [1.165, 1.54) is 30.2 Å². The number of carbonyl (C=O) groups is 2. The van der Waals surface area contributed by atoms with Crippen LogP contribution in [-0.4, -0.2) is 22.0 Å². The van der Waals surface area contributed by atoms with Gasteiger partial charge in [0.05, 0.1) is 5.52 Å². The zero-order valence-electron chi connectivity index (χ0n) is 16.8. The Morgan fingerprint density at radius 2 is 2.06 bits per heavy atom. The Labute approximate surface area is 187 Å². The molecule has 0 atom stereocenters. The number of carboxylic acids is 1.